The van der Waals surface area contributed by atoms with Crippen molar-refractivity contribution in [3.8, 4) is 0 Å². The summed E-state index contributed by atoms with van der Waals surface area (Å²) in [5, 5.41) is 3.78. The molecular weight excluding hydrogens is 306 g/mol. The van der Waals surface area contributed by atoms with Crippen LogP contribution in [0, 0.1) is 10.8 Å². The van der Waals surface area contributed by atoms with E-state index in [0.717, 1.165) is 6.04 Å². The van der Waals surface area contributed by atoms with Gasteiger partial charge in [0.05, 0.1) is 0 Å². The maximum Gasteiger partial charge on any atom is 0.0113 e. The van der Waals surface area contributed by atoms with Crippen molar-refractivity contribution in [2.45, 2.75) is 85.6 Å². The highest BCUT2D eigenvalue weighted by molar-refractivity contribution is 4.93. The van der Waals surface area contributed by atoms with Gasteiger partial charge in [0.25, 0.3) is 0 Å². The zero-order chi connectivity index (χ0) is 18.3. The molecule has 1 saturated carbocycles. The second-order valence-corrected chi connectivity index (χ2v) is 9.39. The molecule has 3 heteroatoms. The van der Waals surface area contributed by atoms with E-state index >= 15 is 0 Å². The Hall–Kier alpha value is -0.120. The third kappa shape index (κ3) is 6.52. The summed E-state index contributed by atoms with van der Waals surface area (Å²) in [5.74, 6) is 0. The van der Waals surface area contributed by atoms with Crippen molar-refractivity contribution < 1.29 is 0 Å². The summed E-state index contributed by atoms with van der Waals surface area (Å²) in [6.07, 6.45) is 9.51. The van der Waals surface area contributed by atoms with Gasteiger partial charge in [0.2, 0.25) is 0 Å². The average Bonchev–Trinajstić information content (AvgIpc) is 3.40. The zero-order valence-electron chi connectivity index (χ0n) is 17.9. The maximum absolute atomic E-state index is 3.78. The second-order valence-electron chi connectivity index (χ2n) is 9.39. The highest BCUT2D eigenvalue weighted by Crippen LogP contribution is 2.47. The number of nitrogens with one attached hydrogen (secondary N) is 1. The molecule has 2 unspecified atom stereocenters. The van der Waals surface area contributed by atoms with Crippen LogP contribution in [0.3, 0.4) is 0 Å². The highest BCUT2D eigenvalue weighted by atomic mass is 15.3. The van der Waals surface area contributed by atoms with E-state index in [9.17, 15) is 0 Å². The van der Waals surface area contributed by atoms with E-state index in [0.29, 0.717) is 10.8 Å². The van der Waals surface area contributed by atoms with Gasteiger partial charge in [-0.3, -0.25) is 4.90 Å². The lowest BCUT2D eigenvalue weighted by Gasteiger charge is -2.42. The molecule has 0 bridgehead atoms. The number of hydrogen-bond donors (Lipinski definition) is 1. The van der Waals surface area contributed by atoms with Crippen LogP contribution < -0.4 is 5.32 Å². The monoisotopic (exact) mass is 351 g/mol. The van der Waals surface area contributed by atoms with Crippen molar-refractivity contribution in [1.82, 2.24) is 15.1 Å². The van der Waals surface area contributed by atoms with Gasteiger partial charge < -0.3 is 10.2 Å². The fourth-order valence-corrected chi connectivity index (χ4v) is 4.45. The van der Waals surface area contributed by atoms with Crippen molar-refractivity contribution in [3.05, 3.63) is 0 Å². The van der Waals surface area contributed by atoms with Crippen molar-refractivity contribution in [1.29, 1.82) is 0 Å². The van der Waals surface area contributed by atoms with E-state index in [2.05, 4.69) is 49.7 Å². The minimum atomic E-state index is 0.465. The van der Waals surface area contributed by atoms with E-state index in [1.165, 1.54) is 90.8 Å². The molecule has 0 aromatic carbocycles. The summed E-state index contributed by atoms with van der Waals surface area (Å²) in [7, 11) is 0. The van der Waals surface area contributed by atoms with Crippen LogP contribution in [0.4, 0.5) is 0 Å². The molecule has 0 aromatic rings. The predicted octanol–water partition coefficient (Wildman–Crippen LogP) is 4.38. The van der Waals surface area contributed by atoms with Crippen molar-refractivity contribution in [3.63, 3.8) is 0 Å². The Morgan fingerprint density at radius 1 is 1.08 bits per heavy atom. The molecule has 1 aliphatic carbocycles. The number of rotatable bonds is 12. The molecule has 25 heavy (non-hydrogen) atoms. The normalized spacial score (nSPS) is 24.8. The molecule has 1 aliphatic heterocycles. The third-order valence-electron chi connectivity index (χ3n) is 7.31. The Balaban J connectivity index is 1.67. The van der Waals surface area contributed by atoms with Gasteiger partial charge in [-0.2, -0.15) is 0 Å². The molecule has 2 aliphatic rings. The smallest absolute Gasteiger partial charge is 0.0113 e. The molecule has 0 spiro atoms. The van der Waals surface area contributed by atoms with Crippen molar-refractivity contribution in [2.75, 3.05) is 45.8 Å². The Bertz CT molecular complexity index is 371. The lowest BCUT2D eigenvalue weighted by molar-refractivity contribution is 0.0649. The quantitative estimate of drug-likeness (QED) is 0.526. The molecule has 1 N–H and O–H groups in total. The van der Waals surface area contributed by atoms with Gasteiger partial charge in [-0.1, -0.05) is 34.1 Å². The summed E-state index contributed by atoms with van der Waals surface area (Å²) in [5.41, 5.74) is 1.14. The van der Waals surface area contributed by atoms with Gasteiger partial charge in [0.1, 0.15) is 0 Å². The number of piperazine rings is 1. The first-order valence-electron chi connectivity index (χ1n) is 11.1. The molecule has 0 radical (unpaired) electrons. The first kappa shape index (κ1) is 21.2. The zero-order valence-corrected chi connectivity index (χ0v) is 17.9. The molecule has 0 aromatic heterocycles. The van der Waals surface area contributed by atoms with Crippen molar-refractivity contribution >= 4 is 0 Å². The Morgan fingerprint density at radius 3 is 2.28 bits per heavy atom. The van der Waals surface area contributed by atoms with Crippen LogP contribution in [0.2, 0.25) is 0 Å². The minimum absolute atomic E-state index is 0.465. The van der Waals surface area contributed by atoms with Crippen LogP contribution in [0.15, 0.2) is 0 Å². The maximum atomic E-state index is 3.78. The summed E-state index contributed by atoms with van der Waals surface area (Å²) in [6.45, 7) is 20.7. The molecular formula is C22H45N3. The molecule has 148 valence electrons. The first-order chi connectivity index (χ1) is 12.0. The molecule has 0 amide bonds. The lowest BCUT2D eigenvalue weighted by atomic mass is 9.83. The van der Waals surface area contributed by atoms with Gasteiger partial charge in [0.15, 0.2) is 0 Å². The van der Waals surface area contributed by atoms with Gasteiger partial charge in [-0.25, -0.2) is 0 Å². The number of nitrogens with zero attached hydrogens (tertiary/aromatic N) is 2. The van der Waals surface area contributed by atoms with E-state index < -0.39 is 0 Å². The fraction of sp³-hybridized carbons (Fsp3) is 1.00. The lowest BCUT2D eigenvalue weighted by Crippen LogP contribution is -2.52. The largest absolute Gasteiger partial charge is 0.316 e. The van der Waals surface area contributed by atoms with Crippen molar-refractivity contribution in [2.24, 2.45) is 10.8 Å². The van der Waals surface area contributed by atoms with Crippen LogP contribution >= 0.6 is 0 Å². The minimum Gasteiger partial charge on any atom is -0.316 e. The SMILES string of the molecule is CCCC(C)N1CCN(CC(C)(CC)CCNCC2(CC)CC2)CC1. The van der Waals surface area contributed by atoms with E-state index in [1.54, 1.807) is 0 Å². The van der Waals surface area contributed by atoms with E-state index in [4.69, 9.17) is 0 Å². The summed E-state index contributed by atoms with van der Waals surface area (Å²) >= 11 is 0. The van der Waals surface area contributed by atoms with Gasteiger partial charge in [0, 0.05) is 45.3 Å². The van der Waals surface area contributed by atoms with Crippen LogP contribution in [-0.4, -0.2) is 61.7 Å². The summed E-state index contributed by atoms with van der Waals surface area (Å²) < 4.78 is 0. The van der Waals surface area contributed by atoms with Crippen LogP contribution in [-0.2, 0) is 0 Å². The summed E-state index contributed by atoms with van der Waals surface area (Å²) in [4.78, 5) is 5.43. The highest BCUT2D eigenvalue weighted by Gasteiger charge is 2.40. The molecule has 2 rings (SSSR count). The molecule has 2 fully saturated rings. The Labute approximate surface area is 157 Å². The average molecular weight is 352 g/mol. The summed E-state index contributed by atoms with van der Waals surface area (Å²) in [6, 6.07) is 0.766. The third-order valence-corrected chi connectivity index (χ3v) is 7.31. The van der Waals surface area contributed by atoms with E-state index in [-0.39, 0.29) is 0 Å². The Kier molecular flexibility index (Phi) is 8.23. The van der Waals surface area contributed by atoms with Crippen LogP contribution in [0.1, 0.15) is 79.6 Å². The van der Waals surface area contributed by atoms with Gasteiger partial charge in [-0.15, -0.1) is 0 Å². The standard InChI is InChI=1S/C22H45N3/c1-6-9-20(4)25-16-14-24(15-17-25)19-21(5,7-2)12-13-23-18-22(8-3)10-11-22/h20,23H,6-19H2,1-5H3. The van der Waals surface area contributed by atoms with Gasteiger partial charge in [-0.05, 0) is 62.8 Å². The topological polar surface area (TPSA) is 18.5 Å². The van der Waals surface area contributed by atoms with Crippen LogP contribution in [0.25, 0.3) is 0 Å². The Morgan fingerprint density at radius 2 is 1.76 bits per heavy atom. The molecule has 1 heterocycles. The van der Waals surface area contributed by atoms with E-state index in [1.807, 2.05) is 0 Å². The second kappa shape index (κ2) is 9.71. The molecule has 1 saturated heterocycles. The number of hydrogen-bond acceptors (Lipinski definition) is 3. The molecule has 2 atom stereocenters. The predicted molar refractivity (Wildman–Crippen MR) is 110 cm³/mol. The van der Waals surface area contributed by atoms with Crippen LogP contribution in [0.5, 0.6) is 0 Å². The fourth-order valence-electron chi connectivity index (χ4n) is 4.45. The molecule has 3 nitrogen and oxygen atoms in total. The van der Waals surface area contributed by atoms with Gasteiger partial charge >= 0.3 is 0 Å². The first-order valence-corrected chi connectivity index (χ1v) is 11.1.